The minimum atomic E-state index is 0.0313. The number of amides is 1. The average Bonchev–Trinajstić information content (AvgIpc) is 3.51. The molecule has 1 saturated heterocycles. The Labute approximate surface area is 217 Å². The van der Waals surface area contributed by atoms with Crippen LogP contribution in [-0.4, -0.2) is 69.6 Å². The average molecular weight is 496 g/mol. The lowest BCUT2D eigenvalue weighted by molar-refractivity contribution is -0.132. The van der Waals surface area contributed by atoms with Crippen LogP contribution in [0.1, 0.15) is 48.5 Å². The fraction of sp³-hybridized carbons (Fsp3) is 0.400. The lowest BCUT2D eigenvalue weighted by Gasteiger charge is -2.34. The second-order valence-corrected chi connectivity index (χ2v) is 10.6. The highest BCUT2D eigenvalue weighted by atomic mass is 16.2. The van der Waals surface area contributed by atoms with E-state index in [1.165, 1.54) is 16.7 Å². The maximum absolute atomic E-state index is 13.4. The second kappa shape index (κ2) is 10.1. The van der Waals surface area contributed by atoms with Crippen LogP contribution in [0.4, 0.5) is 0 Å². The molecule has 0 spiro atoms. The van der Waals surface area contributed by atoms with Crippen molar-refractivity contribution in [3.05, 3.63) is 77.3 Å². The molecule has 0 aliphatic carbocycles. The van der Waals surface area contributed by atoms with Crippen LogP contribution in [0.3, 0.4) is 0 Å². The predicted octanol–water partition coefficient (Wildman–Crippen LogP) is 4.33. The van der Waals surface area contributed by atoms with Gasteiger partial charge in [-0.3, -0.25) is 29.0 Å². The van der Waals surface area contributed by atoms with Crippen LogP contribution < -0.4 is 0 Å². The van der Waals surface area contributed by atoms with Gasteiger partial charge in [0, 0.05) is 69.1 Å². The Bertz CT molecular complexity index is 1400. The zero-order valence-corrected chi connectivity index (χ0v) is 21.4. The normalized spacial score (nSPS) is 20.3. The van der Waals surface area contributed by atoms with Crippen LogP contribution in [0.2, 0.25) is 0 Å². The predicted molar refractivity (Wildman–Crippen MR) is 145 cm³/mol. The first kappa shape index (κ1) is 23.8. The van der Waals surface area contributed by atoms with Gasteiger partial charge in [-0.1, -0.05) is 18.2 Å². The molecule has 5 heterocycles. The van der Waals surface area contributed by atoms with Crippen molar-refractivity contribution in [1.29, 1.82) is 0 Å². The van der Waals surface area contributed by atoms with Gasteiger partial charge in [-0.2, -0.15) is 0 Å². The van der Waals surface area contributed by atoms with E-state index < -0.39 is 0 Å². The Morgan fingerprint density at radius 1 is 1.08 bits per heavy atom. The molecule has 190 valence electrons. The number of rotatable bonds is 5. The minimum absolute atomic E-state index is 0.0313. The molecule has 0 radical (unpaired) electrons. The fourth-order valence-corrected chi connectivity index (χ4v) is 6.19. The standard InChI is InChI=1S/C30H33N5O2/c1-21(36)35-19-25(26-6-2-3-7-28(26)35)18-33-13-4-5-22(17-33)15-29(37)34-14-10-24-16-32-30(27(24)20-34)23-8-11-31-12-9-23/h2-3,6-9,11-12,19,22H,4-5,10,13-18,20H2,1H3/t22-/m0/s1. The summed E-state index contributed by atoms with van der Waals surface area (Å²) in [7, 11) is 0. The highest BCUT2D eigenvalue weighted by Crippen LogP contribution is 2.30. The van der Waals surface area contributed by atoms with Crippen LogP contribution in [0, 0.1) is 5.92 Å². The van der Waals surface area contributed by atoms with Gasteiger partial charge < -0.3 is 4.90 Å². The summed E-state index contributed by atoms with van der Waals surface area (Å²) >= 11 is 0. The van der Waals surface area contributed by atoms with Gasteiger partial charge in [0.25, 0.3) is 0 Å². The fourth-order valence-electron chi connectivity index (χ4n) is 6.19. The molecule has 1 aromatic carbocycles. The van der Waals surface area contributed by atoms with Crippen LogP contribution in [0.5, 0.6) is 0 Å². The topological polar surface area (TPSA) is 70.8 Å². The van der Waals surface area contributed by atoms with Gasteiger partial charge in [0.1, 0.15) is 0 Å². The van der Waals surface area contributed by atoms with Crippen molar-refractivity contribution in [1.82, 2.24) is 19.4 Å². The maximum Gasteiger partial charge on any atom is 0.227 e. The molecule has 7 nitrogen and oxygen atoms in total. The van der Waals surface area contributed by atoms with Crippen molar-refractivity contribution in [3.8, 4) is 0 Å². The van der Waals surface area contributed by atoms with Crippen LogP contribution in [-0.2, 0) is 11.3 Å². The number of likely N-dealkylation sites (tertiary alicyclic amines) is 1. The summed E-state index contributed by atoms with van der Waals surface area (Å²) < 4.78 is 1.75. The van der Waals surface area contributed by atoms with Crippen molar-refractivity contribution in [2.45, 2.75) is 39.2 Å². The van der Waals surface area contributed by atoms with Gasteiger partial charge in [0.15, 0.2) is 0 Å². The molecule has 2 aromatic heterocycles. The maximum atomic E-state index is 13.4. The summed E-state index contributed by atoms with van der Waals surface area (Å²) in [6.07, 6.45) is 9.28. The van der Waals surface area contributed by atoms with Crippen LogP contribution in [0.25, 0.3) is 10.9 Å². The van der Waals surface area contributed by atoms with Gasteiger partial charge in [-0.15, -0.1) is 0 Å². The molecule has 1 amide bonds. The number of carbonyl (C=O) groups excluding carboxylic acids is 2. The highest BCUT2D eigenvalue weighted by molar-refractivity contribution is 6.15. The van der Waals surface area contributed by atoms with E-state index in [1.54, 1.807) is 23.9 Å². The van der Waals surface area contributed by atoms with Gasteiger partial charge in [-0.25, -0.2) is 0 Å². The molecule has 3 aromatic rings. The molecule has 0 N–H and O–H groups in total. The van der Waals surface area contributed by atoms with E-state index in [0.717, 1.165) is 74.2 Å². The van der Waals surface area contributed by atoms with Crippen LogP contribution >= 0.6 is 0 Å². The Kier molecular flexibility index (Phi) is 6.47. The van der Waals surface area contributed by atoms with E-state index in [1.807, 2.05) is 41.4 Å². The number of hydrogen-bond acceptors (Lipinski definition) is 5. The first-order valence-electron chi connectivity index (χ1n) is 13.3. The molecule has 1 fully saturated rings. The molecule has 3 aliphatic rings. The largest absolute Gasteiger partial charge is 0.338 e. The lowest BCUT2D eigenvalue weighted by atomic mass is 9.92. The van der Waals surface area contributed by atoms with E-state index >= 15 is 0 Å². The first-order valence-corrected chi connectivity index (χ1v) is 13.3. The van der Waals surface area contributed by atoms with Gasteiger partial charge in [0.05, 0.1) is 17.8 Å². The molecular formula is C30H33N5O2. The van der Waals surface area contributed by atoms with E-state index in [0.29, 0.717) is 18.9 Å². The van der Waals surface area contributed by atoms with Crippen molar-refractivity contribution in [2.24, 2.45) is 10.9 Å². The van der Waals surface area contributed by atoms with Crippen molar-refractivity contribution in [3.63, 3.8) is 0 Å². The monoisotopic (exact) mass is 495 g/mol. The third-order valence-corrected chi connectivity index (χ3v) is 8.07. The quantitative estimate of drug-likeness (QED) is 0.528. The highest BCUT2D eigenvalue weighted by Gasteiger charge is 2.31. The van der Waals surface area contributed by atoms with E-state index in [-0.39, 0.29) is 11.8 Å². The number of pyridine rings is 1. The smallest absolute Gasteiger partial charge is 0.227 e. The lowest BCUT2D eigenvalue weighted by Crippen LogP contribution is -2.41. The summed E-state index contributed by atoms with van der Waals surface area (Å²) in [6.45, 7) is 6.56. The number of aliphatic imine (C=N–C) groups is 1. The first-order chi connectivity index (χ1) is 18.1. The Morgan fingerprint density at radius 2 is 1.92 bits per heavy atom. The molecule has 0 saturated carbocycles. The van der Waals surface area contributed by atoms with Crippen molar-refractivity contribution < 1.29 is 9.59 Å². The van der Waals surface area contributed by atoms with Gasteiger partial charge >= 0.3 is 0 Å². The van der Waals surface area contributed by atoms with Crippen molar-refractivity contribution >= 4 is 28.4 Å². The molecule has 3 aliphatic heterocycles. The van der Waals surface area contributed by atoms with Crippen molar-refractivity contribution in [2.75, 3.05) is 32.7 Å². The minimum Gasteiger partial charge on any atom is -0.338 e. The number of hydrogen-bond donors (Lipinski definition) is 0. The molecule has 37 heavy (non-hydrogen) atoms. The number of fused-ring (bicyclic) bond motifs is 1. The van der Waals surface area contributed by atoms with Gasteiger partial charge in [0.2, 0.25) is 11.8 Å². The number of aromatic nitrogens is 2. The molecular weight excluding hydrogens is 462 g/mol. The SMILES string of the molecule is CC(=O)n1cc(CN2CCC[C@@H](CC(=O)N3CCC4=C(C3)C(c3ccncc3)=NC4)C2)c2ccccc21. The molecule has 0 bridgehead atoms. The van der Waals surface area contributed by atoms with E-state index in [4.69, 9.17) is 4.99 Å². The summed E-state index contributed by atoms with van der Waals surface area (Å²) in [5.74, 6) is 0.644. The summed E-state index contributed by atoms with van der Waals surface area (Å²) in [5, 5.41) is 1.14. The molecule has 6 rings (SSSR count). The van der Waals surface area contributed by atoms with E-state index in [2.05, 4.69) is 16.0 Å². The zero-order valence-electron chi connectivity index (χ0n) is 21.4. The third kappa shape index (κ3) is 4.76. The summed E-state index contributed by atoms with van der Waals surface area (Å²) in [4.78, 5) is 39.0. The second-order valence-electron chi connectivity index (χ2n) is 10.6. The number of benzene rings is 1. The van der Waals surface area contributed by atoms with Crippen LogP contribution in [0.15, 0.2) is 71.1 Å². The summed E-state index contributed by atoms with van der Waals surface area (Å²) in [5.41, 5.74) is 6.88. The van der Waals surface area contributed by atoms with Gasteiger partial charge in [-0.05, 0) is 66.6 Å². The zero-order chi connectivity index (χ0) is 25.4. The molecule has 7 heteroatoms. The Balaban J connectivity index is 1.10. The Hall–Kier alpha value is -3.58. The summed E-state index contributed by atoms with van der Waals surface area (Å²) in [6, 6.07) is 12.1. The number of nitrogens with zero attached hydrogens (tertiary/aromatic N) is 5. The van der Waals surface area contributed by atoms with E-state index in [9.17, 15) is 9.59 Å². The molecule has 1 atom stereocenters. The number of carbonyl (C=O) groups is 2. The molecule has 0 unspecified atom stereocenters. The third-order valence-electron chi connectivity index (χ3n) is 8.07. The Morgan fingerprint density at radius 3 is 2.76 bits per heavy atom. The number of para-hydroxylation sites is 1. The number of piperidine rings is 1.